The lowest BCUT2D eigenvalue weighted by molar-refractivity contribution is 0.113. The van der Waals surface area contributed by atoms with Crippen LogP contribution < -0.4 is 0 Å². The van der Waals surface area contributed by atoms with Crippen molar-refractivity contribution in [2.24, 2.45) is 35.5 Å². The molecule has 2 nitrogen and oxygen atoms in total. The highest BCUT2D eigenvalue weighted by atomic mass is 28.4. The lowest BCUT2D eigenvalue weighted by Crippen LogP contribution is -2.57. The van der Waals surface area contributed by atoms with Crippen molar-refractivity contribution in [2.75, 3.05) is 14.2 Å². The fourth-order valence-corrected chi connectivity index (χ4v) is 11.5. The third kappa shape index (κ3) is 3.57. The Bertz CT molecular complexity index is 350. The summed E-state index contributed by atoms with van der Waals surface area (Å²) in [6.45, 7) is 14.6. The smallest absolute Gasteiger partial charge is 0.344 e. The molecule has 0 aliphatic heterocycles. The van der Waals surface area contributed by atoms with Gasteiger partial charge in [0.2, 0.25) is 0 Å². The van der Waals surface area contributed by atoms with Crippen LogP contribution in [0.5, 0.6) is 0 Å². The topological polar surface area (TPSA) is 18.5 Å². The number of hydrogen-bond donors (Lipinski definition) is 0. The second-order valence-corrected chi connectivity index (χ2v) is 12.9. The van der Waals surface area contributed by atoms with Gasteiger partial charge in [0.25, 0.3) is 0 Å². The first-order chi connectivity index (χ1) is 10.8. The maximum absolute atomic E-state index is 6.42. The summed E-state index contributed by atoms with van der Waals surface area (Å²) in [4.78, 5) is 0. The third-order valence-corrected chi connectivity index (χ3v) is 12.5. The van der Waals surface area contributed by atoms with Crippen molar-refractivity contribution in [3.8, 4) is 0 Å². The van der Waals surface area contributed by atoms with E-state index in [2.05, 4.69) is 41.5 Å². The molecule has 0 spiro atoms. The fourth-order valence-electron chi connectivity index (χ4n) is 6.01. The zero-order valence-corrected chi connectivity index (χ0v) is 17.8. The molecule has 2 fully saturated rings. The van der Waals surface area contributed by atoms with E-state index in [1.54, 1.807) is 0 Å². The summed E-state index contributed by atoms with van der Waals surface area (Å²) in [7, 11) is 1.66. The van der Waals surface area contributed by atoms with Gasteiger partial charge >= 0.3 is 8.56 Å². The Kier molecular flexibility index (Phi) is 6.41. The highest BCUT2D eigenvalue weighted by Gasteiger charge is 2.58. The van der Waals surface area contributed by atoms with Crippen LogP contribution in [0.4, 0.5) is 0 Å². The van der Waals surface area contributed by atoms with E-state index >= 15 is 0 Å². The number of hydrogen-bond acceptors (Lipinski definition) is 2. The maximum atomic E-state index is 6.42. The van der Waals surface area contributed by atoms with Crippen LogP contribution in [0.15, 0.2) is 0 Å². The molecule has 0 amide bonds. The van der Waals surface area contributed by atoms with Crippen LogP contribution in [0.1, 0.15) is 67.2 Å². The molecule has 0 aromatic carbocycles. The van der Waals surface area contributed by atoms with E-state index in [1.807, 2.05) is 14.2 Å². The van der Waals surface area contributed by atoms with Crippen LogP contribution in [-0.4, -0.2) is 22.8 Å². The Balaban J connectivity index is 2.37. The van der Waals surface area contributed by atoms with Gasteiger partial charge in [-0.1, -0.05) is 41.5 Å². The van der Waals surface area contributed by atoms with Gasteiger partial charge in [-0.05, 0) is 61.2 Å². The Labute approximate surface area is 146 Å². The minimum Gasteiger partial charge on any atom is -0.397 e. The van der Waals surface area contributed by atoms with Crippen molar-refractivity contribution < 1.29 is 8.85 Å². The second-order valence-electron chi connectivity index (χ2n) is 9.17. The minimum absolute atomic E-state index is 0.640. The third-order valence-electron chi connectivity index (χ3n) is 7.60. The summed E-state index contributed by atoms with van der Waals surface area (Å²) in [6, 6.07) is 0. The zero-order chi connectivity index (χ0) is 17.4. The molecule has 0 N–H and O–H groups in total. The van der Waals surface area contributed by atoms with Gasteiger partial charge in [-0.2, -0.15) is 0 Å². The van der Waals surface area contributed by atoms with E-state index in [4.69, 9.17) is 8.85 Å². The SMILES string of the molecule is CO[Si](OC)(C1CC(C)CC(C)C1C)C1CC(C)CC(C)C1C. The lowest BCUT2D eigenvalue weighted by Gasteiger charge is -2.52. The Morgan fingerprint density at radius 3 is 1.26 bits per heavy atom. The molecule has 2 saturated carbocycles. The van der Waals surface area contributed by atoms with E-state index in [0.717, 1.165) is 35.5 Å². The normalized spacial score (nSPS) is 45.9. The largest absolute Gasteiger partial charge is 0.397 e. The van der Waals surface area contributed by atoms with Gasteiger partial charge in [0.05, 0.1) is 0 Å². The highest BCUT2D eigenvalue weighted by molar-refractivity contribution is 6.70. The van der Waals surface area contributed by atoms with Gasteiger partial charge in [-0.25, -0.2) is 0 Å². The average molecular weight is 341 g/mol. The fraction of sp³-hybridized carbons (Fsp3) is 1.00. The van der Waals surface area contributed by atoms with Gasteiger partial charge in [-0.15, -0.1) is 0 Å². The first kappa shape index (κ1) is 19.5. The molecule has 0 bridgehead atoms. The summed E-state index contributed by atoms with van der Waals surface area (Å²) in [5, 5.41) is 0. The molecule has 136 valence electrons. The van der Waals surface area contributed by atoms with Gasteiger partial charge in [0, 0.05) is 25.3 Å². The molecule has 0 radical (unpaired) electrons. The first-order valence-electron chi connectivity index (χ1n) is 9.87. The van der Waals surface area contributed by atoms with Crippen LogP contribution in [0.2, 0.25) is 11.1 Å². The van der Waals surface area contributed by atoms with Crippen molar-refractivity contribution in [3.63, 3.8) is 0 Å². The second kappa shape index (κ2) is 7.57. The Hall–Kier alpha value is 0.137. The predicted molar refractivity (Wildman–Crippen MR) is 101 cm³/mol. The molecular weight excluding hydrogens is 300 g/mol. The number of rotatable bonds is 4. The lowest BCUT2D eigenvalue weighted by atomic mass is 9.75. The summed E-state index contributed by atoms with van der Waals surface area (Å²) in [5.74, 6) is 4.62. The summed E-state index contributed by atoms with van der Waals surface area (Å²) in [5.41, 5.74) is 1.28. The zero-order valence-electron chi connectivity index (χ0n) is 16.8. The molecule has 23 heavy (non-hydrogen) atoms. The van der Waals surface area contributed by atoms with E-state index in [0.29, 0.717) is 11.1 Å². The Morgan fingerprint density at radius 1 is 0.609 bits per heavy atom. The van der Waals surface area contributed by atoms with Gasteiger partial charge in [0.15, 0.2) is 0 Å². The average Bonchev–Trinajstić information content (AvgIpc) is 2.50. The van der Waals surface area contributed by atoms with Gasteiger partial charge < -0.3 is 8.85 Å². The maximum Gasteiger partial charge on any atom is 0.344 e. The predicted octanol–water partition coefficient (Wildman–Crippen LogP) is 5.87. The molecule has 2 aliphatic carbocycles. The molecule has 0 aromatic rings. The van der Waals surface area contributed by atoms with Crippen molar-refractivity contribution in [2.45, 2.75) is 78.3 Å². The van der Waals surface area contributed by atoms with Crippen LogP contribution in [-0.2, 0) is 8.85 Å². The first-order valence-corrected chi connectivity index (χ1v) is 11.8. The van der Waals surface area contributed by atoms with Crippen LogP contribution in [0.3, 0.4) is 0 Å². The molecule has 2 aliphatic rings. The quantitative estimate of drug-likeness (QED) is 0.596. The van der Waals surface area contributed by atoms with Crippen molar-refractivity contribution >= 4 is 8.56 Å². The summed E-state index contributed by atoms with van der Waals surface area (Å²) < 4.78 is 12.8. The minimum atomic E-state index is -2.24. The monoisotopic (exact) mass is 340 g/mol. The van der Waals surface area contributed by atoms with Crippen molar-refractivity contribution in [1.82, 2.24) is 0 Å². The standard InChI is InChI=1S/C20H40O2Si/c1-13-9-15(3)17(5)19(11-13)23(21-7,22-8)20-12-14(2)10-16(4)18(20)6/h13-20H,9-12H2,1-8H3. The molecule has 0 aromatic heterocycles. The highest BCUT2D eigenvalue weighted by Crippen LogP contribution is 2.56. The molecule has 8 unspecified atom stereocenters. The van der Waals surface area contributed by atoms with Crippen LogP contribution in [0.25, 0.3) is 0 Å². The van der Waals surface area contributed by atoms with Gasteiger partial charge in [-0.3, -0.25) is 0 Å². The molecular formula is C20H40O2Si. The van der Waals surface area contributed by atoms with E-state index in [1.165, 1.54) is 25.7 Å². The molecule has 0 saturated heterocycles. The van der Waals surface area contributed by atoms with Crippen LogP contribution >= 0.6 is 0 Å². The van der Waals surface area contributed by atoms with Crippen molar-refractivity contribution in [3.05, 3.63) is 0 Å². The van der Waals surface area contributed by atoms with Crippen molar-refractivity contribution in [1.29, 1.82) is 0 Å². The molecule has 8 atom stereocenters. The van der Waals surface area contributed by atoms with Crippen LogP contribution in [0, 0.1) is 35.5 Å². The summed E-state index contributed by atoms with van der Waals surface area (Å²) in [6.07, 6.45) is 5.32. The van der Waals surface area contributed by atoms with Gasteiger partial charge in [0.1, 0.15) is 0 Å². The van der Waals surface area contributed by atoms with E-state index in [-0.39, 0.29) is 0 Å². The van der Waals surface area contributed by atoms with E-state index < -0.39 is 8.56 Å². The summed E-state index contributed by atoms with van der Waals surface area (Å²) >= 11 is 0. The van der Waals surface area contributed by atoms with E-state index in [9.17, 15) is 0 Å². The molecule has 0 heterocycles. The molecule has 2 rings (SSSR count). The Morgan fingerprint density at radius 2 is 0.957 bits per heavy atom. The molecule has 3 heteroatoms.